The highest BCUT2D eigenvalue weighted by molar-refractivity contribution is 5.61. The van der Waals surface area contributed by atoms with Crippen LogP contribution in [0.25, 0.3) is 23.5 Å². The van der Waals surface area contributed by atoms with E-state index in [-0.39, 0.29) is 0 Å². The van der Waals surface area contributed by atoms with Crippen molar-refractivity contribution in [3.8, 4) is 11.4 Å². The summed E-state index contributed by atoms with van der Waals surface area (Å²) in [5.74, 6) is 0.450. The van der Waals surface area contributed by atoms with Crippen LogP contribution in [0.2, 0.25) is 0 Å². The molecule has 5 N–H and O–H groups in total. The molecule has 110 valence electrons. The number of rotatable bonds is 4. The molecule has 0 spiro atoms. The van der Waals surface area contributed by atoms with Crippen molar-refractivity contribution in [1.82, 2.24) is 9.71 Å². The molecular formula is C15H19N4O2+. The summed E-state index contributed by atoms with van der Waals surface area (Å²) >= 11 is 0. The van der Waals surface area contributed by atoms with Gasteiger partial charge in [-0.15, -0.1) is 0 Å². The summed E-state index contributed by atoms with van der Waals surface area (Å²) in [5, 5.41) is 11.5. The van der Waals surface area contributed by atoms with Crippen LogP contribution in [0.15, 0.2) is 36.5 Å². The normalized spacial score (nSPS) is 13.4. The van der Waals surface area contributed by atoms with E-state index in [1.165, 1.54) is 0 Å². The first-order valence-electron chi connectivity index (χ1n) is 6.50. The highest BCUT2D eigenvalue weighted by Crippen LogP contribution is 2.16. The Bertz CT molecular complexity index is 762. The van der Waals surface area contributed by atoms with Crippen LogP contribution in [0.4, 0.5) is 5.69 Å². The van der Waals surface area contributed by atoms with E-state index in [1.54, 1.807) is 49.2 Å². The zero-order valence-corrected chi connectivity index (χ0v) is 12.0. The molecule has 0 fully saturated rings. The third kappa shape index (κ3) is 3.31. The third-order valence-corrected chi connectivity index (χ3v) is 2.92. The van der Waals surface area contributed by atoms with Gasteiger partial charge in [-0.25, -0.2) is 9.82 Å². The van der Waals surface area contributed by atoms with Crippen molar-refractivity contribution in [2.45, 2.75) is 6.92 Å². The van der Waals surface area contributed by atoms with Crippen LogP contribution in [0, 0.1) is 0 Å². The predicted molar refractivity (Wildman–Crippen MR) is 81.2 cm³/mol. The lowest BCUT2D eigenvalue weighted by atomic mass is 10.2. The number of nitrogens with zero attached hydrogens (tertiary/aromatic N) is 2. The van der Waals surface area contributed by atoms with E-state index in [0.29, 0.717) is 22.2 Å². The molecule has 0 bridgehead atoms. The maximum absolute atomic E-state index is 10.3. The summed E-state index contributed by atoms with van der Waals surface area (Å²) in [5.41, 5.74) is 8.71. The minimum Gasteiger partial charge on any atom is -0.426 e. The Hall–Kier alpha value is -2.57. The summed E-state index contributed by atoms with van der Waals surface area (Å²) in [4.78, 5) is 9.27. The Labute approximate surface area is 122 Å². The van der Waals surface area contributed by atoms with E-state index < -0.39 is 0 Å². The largest absolute Gasteiger partial charge is 0.426 e. The van der Waals surface area contributed by atoms with Crippen LogP contribution >= 0.6 is 0 Å². The number of benzene rings is 1. The molecule has 1 aromatic carbocycles. The van der Waals surface area contributed by atoms with Gasteiger partial charge in [0.2, 0.25) is 0 Å². The van der Waals surface area contributed by atoms with Crippen LogP contribution < -0.4 is 21.9 Å². The van der Waals surface area contributed by atoms with Gasteiger partial charge in [0.05, 0.1) is 12.5 Å². The second-order valence-electron chi connectivity index (χ2n) is 4.36. The highest BCUT2D eigenvalue weighted by atomic mass is 16.6. The van der Waals surface area contributed by atoms with Crippen molar-refractivity contribution < 1.29 is 15.5 Å². The molecule has 1 aromatic heterocycles. The van der Waals surface area contributed by atoms with Crippen LogP contribution in [0.5, 0.6) is 0 Å². The molecule has 2 rings (SSSR count). The second kappa shape index (κ2) is 6.74. The highest BCUT2D eigenvalue weighted by Gasteiger charge is 2.08. The summed E-state index contributed by atoms with van der Waals surface area (Å²) in [6.07, 6.45) is 7.13. The van der Waals surface area contributed by atoms with E-state index >= 15 is 0 Å². The third-order valence-electron chi connectivity index (χ3n) is 2.92. The molecule has 0 unspecified atom stereocenters. The number of hydrogen-bond acceptors (Lipinski definition) is 4. The van der Waals surface area contributed by atoms with Crippen LogP contribution in [0.3, 0.4) is 0 Å². The first-order valence-corrected chi connectivity index (χ1v) is 6.50. The Kier molecular flexibility index (Phi) is 4.76. The van der Waals surface area contributed by atoms with Crippen LogP contribution in [0.1, 0.15) is 6.92 Å². The summed E-state index contributed by atoms with van der Waals surface area (Å²) in [6.45, 7) is 1.84. The van der Waals surface area contributed by atoms with Gasteiger partial charge in [-0.1, -0.05) is 18.2 Å². The first kappa shape index (κ1) is 14.8. The lowest BCUT2D eigenvalue weighted by Crippen LogP contribution is -2.75. The Morgan fingerprint density at radius 2 is 2.24 bits per heavy atom. The van der Waals surface area contributed by atoms with Crippen molar-refractivity contribution in [3.05, 3.63) is 47.2 Å². The number of hydroxylamine groups is 1. The number of aromatic nitrogens is 2. The van der Waals surface area contributed by atoms with Gasteiger partial charge in [0.25, 0.3) is 0 Å². The average Bonchev–Trinajstić information content (AvgIpc) is 2.80. The van der Waals surface area contributed by atoms with Gasteiger partial charge in [0.15, 0.2) is 5.82 Å². The summed E-state index contributed by atoms with van der Waals surface area (Å²) < 4.78 is 1.06. The maximum atomic E-state index is 10.3. The quantitative estimate of drug-likeness (QED) is 0.405. The number of allylic oxidation sites excluding steroid dienone is 1. The van der Waals surface area contributed by atoms with Gasteiger partial charge in [0.1, 0.15) is 11.5 Å². The summed E-state index contributed by atoms with van der Waals surface area (Å²) in [6, 6.07) is 7.23. The van der Waals surface area contributed by atoms with Gasteiger partial charge < -0.3 is 10.9 Å². The molecule has 21 heavy (non-hydrogen) atoms. The van der Waals surface area contributed by atoms with Crippen LogP contribution in [-0.4, -0.2) is 22.0 Å². The lowest BCUT2D eigenvalue weighted by molar-refractivity contribution is -0.842. The standard InChI is InChI=1S/C15H18N4O2/c1-3-14-13(8-5-9-17-21-2)18-15(19(14)20)11-6-4-7-12(16)10-11/h3-10,17,20H,16H2,1-2H3/p+1/b9-5+,13-8+,14-3+. The molecule has 2 aromatic rings. The molecule has 0 aliphatic heterocycles. The molecule has 0 radical (unpaired) electrons. The Balaban J connectivity index is 2.53. The van der Waals surface area contributed by atoms with Gasteiger partial charge in [-0.05, 0) is 31.2 Å². The smallest absolute Gasteiger partial charge is 0.176 e. The first-order chi connectivity index (χ1) is 10.2. The SMILES string of the molecule is C\C=c1/c(=C\C=C\[NH2+]OC)nc(-c2cccc(N)c2)n1O. The Morgan fingerprint density at radius 3 is 2.90 bits per heavy atom. The zero-order chi connectivity index (χ0) is 15.2. The molecular weight excluding hydrogens is 268 g/mol. The average molecular weight is 287 g/mol. The molecule has 0 saturated carbocycles. The van der Waals surface area contributed by atoms with E-state index in [2.05, 4.69) is 4.98 Å². The van der Waals surface area contributed by atoms with E-state index in [1.807, 2.05) is 19.1 Å². The van der Waals surface area contributed by atoms with Crippen molar-refractivity contribution in [2.75, 3.05) is 12.8 Å². The molecule has 1 heterocycles. The number of hydrogen-bond donors (Lipinski definition) is 3. The van der Waals surface area contributed by atoms with Crippen molar-refractivity contribution >= 4 is 17.8 Å². The van der Waals surface area contributed by atoms with Gasteiger partial charge in [-0.2, -0.15) is 10.2 Å². The van der Waals surface area contributed by atoms with Crippen molar-refractivity contribution in [3.63, 3.8) is 0 Å². The minimum atomic E-state index is 0.450. The molecule has 0 atom stereocenters. The molecule has 0 saturated heterocycles. The van der Waals surface area contributed by atoms with Gasteiger partial charge >= 0.3 is 0 Å². The maximum Gasteiger partial charge on any atom is 0.176 e. The molecule has 0 aliphatic rings. The molecule has 6 heteroatoms. The second-order valence-corrected chi connectivity index (χ2v) is 4.36. The molecule has 0 aliphatic carbocycles. The van der Waals surface area contributed by atoms with Gasteiger partial charge in [-0.3, -0.25) is 0 Å². The fourth-order valence-corrected chi connectivity index (χ4v) is 1.97. The lowest BCUT2D eigenvalue weighted by Gasteiger charge is -2.01. The summed E-state index contributed by atoms with van der Waals surface area (Å²) in [7, 11) is 1.58. The number of nitrogen functional groups attached to an aromatic ring is 1. The number of quaternary nitrogens is 1. The Morgan fingerprint density at radius 1 is 1.43 bits per heavy atom. The monoisotopic (exact) mass is 287 g/mol. The van der Waals surface area contributed by atoms with Crippen molar-refractivity contribution in [1.29, 1.82) is 0 Å². The topological polar surface area (TPSA) is 89.9 Å². The predicted octanol–water partition coefficient (Wildman–Crippen LogP) is -0.411. The number of nitrogens with two attached hydrogens (primary N) is 2. The van der Waals surface area contributed by atoms with E-state index in [9.17, 15) is 5.21 Å². The van der Waals surface area contributed by atoms with Gasteiger partial charge in [0, 0.05) is 11.3 Å². The fourth-order valence-electron chi connectivity index (χ4n) is 1.97. The number of anilines is 1. The molecule has 6 nitrogen and oxygen atoms in total. The number of imidazole rings is 1. The fraction of sp³-hybridized carbons (Fsp3) is 0.133. The molecule has 0 amide bonds. The van der Waals surface area contributed by atoms with Crippen molar-refractivity contribution in [2.24, 2.45) is 0 Å². The van der Waals surface area contributed by atoms with E-state index in [0.717, 1.165) is 10.3 Å². The minimum absolute atomic E-state index is 0.450. The zero-order valence-electron chi connectivity index (χ0n) is 12.0. The van der Waals surface area contributed by atoms with E-state index in [4.69, 9.17) is 10.6 Å². The van der Waals surface area contributed by atoms with Crippen LogP contribution in [-0.2, 0) is 4.84 Å².